The number of thioether (sulfide) groups is 1. The highest BCUT2D eigenvalue weighted by atomic mass is 32.2. The smallest absolute Gasteiger partial charge is 0.196 e. The van der Waals surface area contributed by atoms with Crippen LogP contribution in [0.3, 0.4) is 0 Å². The molecule has 6 nitrogen and oxygen atoms in total. The predicted octanol–water partition coefficient (Wildman–Crippen LogP) is 4.93. The van der Waals surface area contributed by atoms with Gasteiger partial charge in [0.05, 0.1) is 20.0 Å². The number of Topliss-reactive ketones (excluding diaryl/α,β-unsaturated/α-hetero) is 1. The summed E-state index contributed by atoms with van der Waals surface area (Å²) >= 11 is 1.36. The average Bonchev–Trinajstić information content (AvgIpc) is 3.27. The van der Waals surface area contributed by atoms with Crippen molar-refractivity contribution in [2.24, 2.45) is 0 Å². The molecule has 31 heavy (non-hydrogen) atoms. The van der Waals surface area contributed by atoms with Crippen LogP contribution in [0.5, 0.6) is 11.5 Å². The second kappa shape index (κ2) is 9.49. The third kappa shape index (κ3) is 4.62. The molecule has 0 aliphatic carbocycles. The van der Waals surface area contributed by atoms with Crippen molar-refractivity contribution in [3.63, 3.8) is 0 Å². The van der Waals surface area contributed by atoms with E-state index in [0.717, 1.165) is 22.7 Å². The van der Waals surface area contributed by atoms with Crippen molar-refractivity contribution in [2.75, 3.05) is 20.0 Å². The number of methoxy groups -OCH3 is 2. The Balaban J connectivity index is 1.70. The lowest BCUT2D eigenvalue weighted by atomic mass is 10.2. The van der Waals surface area contributed by atoms with E-state index in [2.05, 4.69) is 10.2 Å². The molecule has 1 heterocycles. The Bertz CT molecular complexity index is 1170. The van der Waals surface area contributed by atoms with E-state index in [0.29, 0.717) is 16.5 Å². The van der Waals surface area contributed by atoms with Crippen LogP contribution in [0.15, 0.2) is 84.0 Å². The van der Waals surface area contributed by atoms with E-state index in [-0.39, 0.29) is 11.5 Å². The first kappa shape index (κ1) is 20.7. The lowest BCUT2D eigenvalue weighted by Crippen LogP contribution is -2.05. The molecule has 0 fully saturated rings. The van der Waals surface area contributed by atoms with Crippen molar-refractivity contribution in [3.05, 3.63) is 84.4 Å². The number of ketones is 1. The number of benzene rings is 3. The van der Waals surface area contributed by atoms with Gasteiger partial charge in [-0.05, 0) is 36.4 Å². The minimum atomic E-state index is 0.0396. The topological polar surface area (TPSA) is 66.2 Å². The molecule has 0 spiro atoms. The summed E-state index contributed by atoms with van der Waals surface area (Å²) in [6.45, 7) is 0. The minimum Gasteiger partial charge on any atom is -0.497 e. The molecule has 4 aromatic rings. The maximum absolute atomic E-state index is 12.6. The molecular formula is C24H21N3O3S. The first-order valence-corrected chi connectivity index (χ1v) is 10.6. The first-order valence-electron chi connectivity index (χ1n) is 9.65. The summed E-state index contributed by atoms with van der Waals surface area (Å²) in [5.41, 5.74) is 2.42. The van der Waals surface area contributed by atoms with Crippen molar-refractivity contribution in [1.29, 1.82) is 0 Å². The Kier molecular flexibility index (Phi) is 6.33. The van der Waals surface area contributed by atoms with Gasteiger partial charge in [-0.25, -0.2) is 0 Å². The zero-order chi connectivity index (χ0) is 21.6. The van der Waals surface area contributed by atoms with Gasteiger partial charge in [-0.2, -0.15) is 0 Å². The van der Waals surface area contributed by atoms with Gasteiger partial charge in [-0.1, -0.05) is 54.2 Å². The first-order chi connectivity index (χ1) is 15.2. The zero-order valence-electron chi connectivity index (χ0n) is 17.2. The van der Waals surface area contributed by atoms with Gasteiger partial charge in [0.1, 0.15) is 11.5 Å². The minimum absolute atomic E-state index is 0.0396. The number of carbonyl (C=O) groups is 1. The van der Waals surface area contributed by atoms with Crippen LogP contribution in [0.2, 0.25) is 0 Å². The maximum Gasteiger partial charge on any atom is 0.196 e. The highest BCUT2D eigenvalue weighted by Crippen LogP contribution is 2.30. The summed E-state index contributed by atoms with van der Waals surface area (Å²) in [4.78, 5) is 12.6. The second-order valence-corrected chi connectivity index (χ2v) is 7.59. The molecule has 0 saturated heterocycles. The molecule has 7 heteroatoms. The van der Waals surface area contributed by atoms with Crippen molar-refractivity contribution < 1.29 is 14.3 Å². The molecule has 156 valence electrons. The number of hydrogen-bond donors (Lipinski definition) is 0. The Morgan fingerprint density at radius 2 is 1.61 bits per heavy atom. The normalized spacial score (nSPS) is 10.6. The van der Waals surface area contributed by atoms with Crippen LogP contribution in [-0.4, -0.2) is 40.5 Å². The lowest BCUT2D eigenvalue weighted by molar-refractivity contribution is 0.102. The largest absolute Gasteiger partial charge is 0.497 e. The molecule has 3 aromatic carbocycles. The van der Waals surface area contributed by atoms with Crippen LogP contribution in [0, 0.1) is 0 Å². The summed E-state index contributed by atoms with van der Waals surface area (Å²) in [5.74, 6) is 2.45. The van der Waals surface area contributed by atoms with Crippen molar-refractivity contribution in [2.45, 2.75) is 5.16 Å². The maximum atomic E-state index is 12.6. The molecule has 0 saturated carbocycles. The van der Waals surface area contributed by atoms with Crippen LogP contribution in [0.1, 0.15) is 10.4 Å². The molecule has 4 rings (SSSR count). The fraction of sp³-hybridized carbons (Fsp3) is 0.125. The Morgan fingerprint density at radius 1 is 0.871 bits per heavy atom. The fourth-order valence-corrected chi connectivity index (χ4v) is 3.96. The van der Waals surface area contributed by atoms with E-state index in [4.69, 9.17) is 9.47 Å². The van der Waals surface area contributed by atoms with Crippen LogP contribution in [0.4, 0.5) is 0 Å². The summed E-state index contributed by atoms with van der Waals surface area (Å²) < 4.78 is 12.6. The van der Waals surface area contributed by atoms with Gasteiger partial charge in [0.25, 0.3) is 0 Å². The molecule has 0 unspecified atom stereocenters. The fourth-order valence-electron chi connectivity index (χ4n) is 3.11. The quantitative estimate of drug-likeness (QED) is 0.291. The number of rotatable bonds is 8. The van der Waals surface area contributed by atoms with Gasteiger partial charge in [-0.15, -0.1) is 10.2 Å². The predicted molar refractivity (Wildman–Crippen MR) is 121 cm³/mol. The number of aromatic nitrogens is 3. The number of nitrogens with zero attached hydrogens (tertiary/aromatic N) is 3. The van der Waals surface area contributed by atoms with Gasteiger partial charge in [-0.3, -0.25) is 9.36 Å². The molecule has 0 aliphatic heterocycles. The van der Waals surface area contributed by atoms with Gasteiger partial charge >= 0.3 is 0 Å². The van der Waals surface area contributed by atoms with E-state index >= 15 is 0 Å². The van der Waals surface area contributed by atoms with E-state index < -0.39 is 0 Å². The van der Waals surface area contributed by atoms with Crippen molar-refractivity contribution in [3.8, 4) is 28.6 Å². The third-order valence-corrected chi connectivity index (χ3v) is 5.65. The van der Waals surface area contributed by atoms with Gasteiger partial charge < -0.3 is 9.47 Å². The molecule has 0 aliphatic rings. The number of carbonyl (C=O) groups excluding carboxylic acids is 1. The third-order valence-electron chi connectivity index (χ3n) is 4.72. The Hall–Kier alpha value is -3.58. The molecular weight excluding hydrogens is 410 g/mol. The van der Waals surface area contributed by atoms with Gasteiger partial charge in [0.15, 0.2) is 16.8 Å². The molecule has 0 radical (unpaired) electrons. The van der Waals surface area contributed by atoms with Gasteiger partial charge in [0, 0.05) is 16.8 Å². The molecule has 1 aromatic heterocycles. The number of hydrogen-bond acceptors (Lipinski definition) is 6. The van der Waals surface area contributed by atoms with Crippen LogP contribution in [-0.2, 0) is 0 Å². The summed E-state index contributed by atoms with van der Waals surface area (Å²) in [5, 5.41) is 9.44. The summed E-state index contributed by atoms with van der Waals surface area (Å²) in [6, 6.07) is 24.5. The second-order valence-electron chi connectivity index (χ2n) is 6.65. The van der Waals surface area contributed by atoms with E-state index in [1.165, 1.54) is 11.8 Å². The number of ether oxygens (including phenoxy) is 2. The van der Waals surface area contributed by atoms with Crippen molar-refractivity contribution in [1.82, 2.24) is 14.8 Å². The summed E-state index contributed by atoms with van der Waals surface area (Å²) in [7, 11) is 3.26. The zero-order valence-corrected chi connectivity index (χ0v) is 18.0. The van der Waals surface area contributed by atoms with E-state index in [1.54, 1.807) is 14.2 Å². The van der Waals surface area contributed by atoms with Gasteiger partial charge in [0.2, 0.25) is 0 Å². The molecule has 0 N–H and O–H groups in total. The monoisotopic (exact) mass is 431 g/mol. The standard InChI is InChI=1S/C24H21N3O3S/c1-29-20-13-11-19(12-14-20)27-23(18-9-6-10-21(15-18)30-2)25-26-24(27)31-16-22(28)17-7-4-3-5-8-17/h3-15H,16H2,1-2H3. The van der Waals surface area contributed by atoms with Crippen LogP contribution in [0.25, 0.3) is 17.1 Å². The molecule has 0 atom stereocenters. The Morgan fingerprint density at radius 3 is 2.32 bits per heavy atom. The van der Waals surface area contributed by atoms with Crippen LogP contribution < -0.4 is 9.47 Å². The van der Waals surface area contributed by atoms with E-state index in [9.17, 15) is 4.79 Å². The Labute approximate surface area is 184 Å². The van der Waals surface area contributed by atoms with Crippen LogP contribution >= 0.6 is 11.8 Å². The lowest BCUT2D eigenvalue weighted by Gasteiger charge is -2.11. The van der Waals surface area contributed by atoms with Crippen molar-refractivity contribution >= 4 is 17.5 Å². The summed E-state index contributed by atoms with van der Waals surface area (Å²) in [6.07, 6.45) is 0. The SMILES string of the molecule is COc1ccc(-n2c(SCC(=O)c3ccccc3)nnc2-c2cccc(OC)c2)cc1. The highest BCUT2D eigenvalue weighted by Gasteiger charge is 2.18. The molecule has 0 amide bonds. The highest BCUT2D eigenvalue weighted by molar-refractivity contribution is 7.99. The average molecular weight is 432 g/mol. The van der Waals surface area contributed by atoms with E-state index in [1.807, 2.05) is 83.4 Å². The molecule has 0 bridgehead atoms.